The maximum Gasteiger partial charge on any atom is 0.161 e. The zero-order valence-corrected chi connectivity index (χ0v) is 15.7. The number of imidazole rings is 1. The minimum atomic E-state index is 0.534. The topological polar surface area (TPSA) is 48.6 Å². The zero-order valence-electron chi connectivity index (χ0n) is 14.9. The molecule has 0 amide bonds. The second-order valence-electron chi connectivity index (χ2n) is 5.83. The molecule has 0 aliphatic heterocycles. The fourth-order valence-electron chi connectivity index (χ4n) is 2.70. The van der Waals surface area contributed by atoms with E-state index >= 15 is 0 Å². The maximum atomic E-state index is 5.92. The van der Waals surface area contributed by atoms with Gasteiger partial charge >= 0.3 is 0 Å². The van der Waals surface area contributed by atoms with Gasteiger partial charge in [-0.25, -0.2) is 9.66 Å². The molecule has 5 nitrogen and oxygen atoms in total. The van der Waals surface area contributed by atoms with Gasteiger partial charge in [0.25, 0.3) is 0 Å². The molecule has 4 aromatic rings. The van der Waals surface area contributed by atoms with Crippen LogP contribution in [0.2, 0.25) is 0 Å². The number of ether oxygens (including phenoxy) is 2. The number of hydrogen-bond acceptors (Lipinski definition) is 5. The average molecular weight is 377 g/mol. The molecule has 6 heteroatoms. The third-order valence-corrected chi connectivity index (χ3v) is 4.83. The van der Waals surface area contributed by atoms with Crippen LogP contribution in [-0.2, 0) is 6.61 Å². The lowest BCUT2D eigenvalue weighted by Gasteiger charge is -2.12. The van der Waals surface area contributed by atoms with Crippen LogP contribution in [0.1, 0.15) is 17.4 Å². The molecule has 0 saturated carbocycles. The Kier molecular flexibility index (Phi) is 5.16. The van der Waals surface area contributed by atoms with Gasteiger partial charge in [0, 0.05) is 4.88 Å². The Balaban J connectivity index is 1.55. The Morgan fingerprint density at radius 2 is 2.00 bits per heavy atom. The van der Waals surface area contributed by atoms with E-state index in [4.69, 9.17) is 9.47 Å². The van der Waals surface area contributed by atoms with E-state index in [-0.39, 0.29) is 0 Å². The van der Waals surface area contributed by atoms with E-state index in [2.05, 4.69) is 16.2 Å². The molecule has 0 aliphatic carbocycles. The lowest BCUT2D eigenvalue weighted by molar-refractivity contribution is 0.271. The second-order valence-corrected chi connectivity index (χ2v) is 6.86. The molecule has 0 atom stereocenters. The van der Waals surface area contributed by atoms with Gasteiger partial charge in [-0.05, 0) is 54.3 Å². The minimum Gasteiger partial charge on any atom is -0.490 e. The van der Waals surface area contributed by atoms with Crippen molar-refractivity contribution in [3.8, 4) is 11.5 Å². The molecule has 2 heterocycles. The van der Waals surface area contributed by atoms with Crippen LogP contribution in [0, 0.1) is 0 Å². The summed E-state index contributed by atoms with van der Waals surface area (Å²) in [7, 11) is 0. The number of aromatic nitrogens is 2. The Morgan fingerprint density at radius 3 is 2.85 bits per heavy atom. The number of hydrogen-bond donors (Lipinski definition) is 0. The summed E-state index contributed by atoms with van der Waals surface area (Å²) < 4.78 is 13.4. The van der Waals surface area contributed by atoms with Crippen molar-refractivity contribution in [2.24, 2.45) is 5.10 Å². The molecular formula is C21H19N3O2S. The highest BCUT2D eigenvalue weighted by Crippen LogP contribution is 2.29. The number of para-hydroxylation sites is 2. The molecular weight excluding hydrogens is 358 g/mol. The van der Waals surface area contributed by atoms with Gasteiger partial charge < -0.3 is 9.47 Å². The van der Waals surface area contributed by atoms with Gasteiger partial charge in [0.1, 0.15) is 12.9 Å². The zero-order chi connectivity index (χ0) is 18.5. The van der Waals surface area contributed by atoms with Gasteiger partial charge in [-0.3, -0.25) is 0 Å². The van der Waals surface area contributed by atoms with Crippen LogP contribution >= 0.6 is 11.3 Å². The first kappa shape index (κ1) is 17.3. The molecule has 4 rings (SSSR count). The molecule has 0 unspecified atom stereocenters. The highest BCUT2D eigenvalue weighted by Gasteiger charge is 2.07. The van der Waals surface area contributed by atoms with Gasteiger partial charge in [0.2, 0.25) is 0 Å². The molecule has 0 saturated heterocycles. The summed E-state index contributed by atoms with van der Waals surface area (Å²) in [5.74, 6) is 1.45. The lowest BCUT2D eigenvalue weighted by Crippen LogP contribution is -1.99. The summed E-state index contributed by atoms with van der Waals surface area (Å²) in [6.07, 6.45) is 3.50. The summed E-state index contributed by atoms with van der Waals surface area (Å²) in [4.78, 5) is 5.52. The second kappa shape index (κ2) is 8.05. The van der Waals surface area contributed by atoms with Crippen molar-refractivity contribution in [3.05, 3.63) is 76.7 Å². The first-order chi connectivity index (χ1) is 13.3. The summed E-state index contributed by atoms with van der Waals surface area (Å²) >= 11 is 1.68. The average Bonchev–Trinajstić information content (AvgIpc) is 3.36. The van der Waals surface area contributed by atoms with Gasteiger partial charge in [0.05, 0.1) is 23.9 Å². The number of nitrogens with zero attached hydrogens (tertiary/aromatic N) is 3. The third kappa shape index (κ3) is 4.01. The van der Waals surface area contributed by atoms with Crippen LogP contribution in [0.25, 0.3) is 11.0 Å². The van der Waals surface area contributed by atoms with Gasteiger partial charge in [0.15, 0.2) is 11.5 Å². The van der Waals surface area contributed by atoms with Crippen molar-refractivity contribution in [1.29, 1.82) is 0 Å². The van der Waals surface area contributed by atoms with Gasteiger partial charge in [-0.2, -0.15) is 5.10 Å². The van der Waals surface area contributed by atoms with Crippen molar-refractivity contribution in [1.82, 2.24) is 9.66 Å². The molecule has 0 bridgehead atoms. The predicted octanol–water partition coefficient (Wildman–Crippen LogP) is 4.96. The SMILES string of the molecule is CCOc1cc(/C=N\n2cnc3ccccc32)ccc1OCc1cccs1. The Hall–Kier alpha value is -3.12. The van der Waals surface area contributed by atoms with Crippen LogP contribution in [0.15, 0.2) is 71.4 Å². The van der Waals surface area contributed by atoms with E-state index in [1.54, 1.807) is 28.6 Å². The number of fused-ring (bicyclic) bond motifs is 1. The molecule has 2 aromatic heterocycles. The van der Waals surface area contributed by atoms with Crippen LogP contribution in [0.5, 0.6) is 11.5 Å². The molecule has 136 valence electrons. The van der Waals surface area contributed by atoms with Crippen molar-refractivity contribution in [3.63, 3.8) is 0 Å². The maximum absolute atomic E-state index is 5.92. The van der Waals surface area contributed by atoms with E-state index in [9.17, 15) is 0 Å². The predicted molar refractivity (Wildman–Crippen MR) is 109 cm³/mol. The summed E-state index contributed by atoms with van der Waals surface area (Å²) in [5, 5.41) is 6.56. The Bertz CT molecular complexity index is 1050. The highest BCUT2D eigenvalue weighted by molar-refractivity contribution is 7.09. The smallest absolute Gasteiger partial charge is 0.161 e. The molecule has 0 radical (unpaired) electrons. The first-order valence-corrected chi connectivity index (χ1v) is 9.60. The first-order valence-electron chi connectivity index (χ1n) is 8.72. The van der Waals surface area contributed by atoms with Gasteiger partial charge in [-0.15, -0.1) is 11.3 Å². The fraction of sp³-hybridized carbons (Fsp3) is 0.143. The number of benzene rings is 2. The molecule has 0 fully saturated rings. The molecule has 2 aromatic carbocycles. The van der Waals surface area contributed by atoms with Crippen molar-refractivity contribution < 1.29 is 9.47 Å². The van der Waals surface area contributed by atoms with E-state index in [1.807, 2.05) is 60.8 Å². The largest absolute Gasteiger partial charge is 0.490 e. The van der Waals surface area contributed by atoms with E-state index in [1.165, 1.54) is 4.88 Å². The van der Waals surface area contributed by atoms with Crippen molar-refractivity contribution in [2.45, 2.75) is 13.5 Å². The van der Waals surface area contributed by atoms with E-state index < -0.39 is 0 Å². The molecule has 0 aliphatic rings. The normalized spacial score (nSPS) is 11.3. The molecule has 0 N–H and O–H groups in total. The number of thiophene rings is 1. The van der Waals surface area contributed by atoms with Crippen molar-refractivity contribution >= 4 is 28.6 Å². The fourth-order valence-corrected chi connectivity index (χ4v) is 3.32. The van der Waals surface area contributed by atoms with Crippen LogP contribution in [0.3, 0.4) is 0 Å². The quantitative estimate of drug-likeness (QED) is 0.428. The minimum absolute atomic E-state index is 0.534. The van der Waals surface area contributed by atoms with Gasteiger partial charge in [-0.1, -0.05) is 18.2 Å². The van der Waals surface area contributed by atoms with Crippen LogP contribution in [-0.4, -0.2) is 22.5 Å². The number of rotatable bonds is 7. The van der Waals surface area contributed by atoms with Crippen LogP contribution < -0.4 is 9.47 Å². The summed E-state index contributed by atoms with van der Waals surface area (Å²) in [5.41, 5.74) is 2.82. The summed E-state index contributed by atoms with van der Waals surface area (Å²) in [6.45, 7) is 3.07. The lowest BCUT2D eigenvalue weighted by atomic mass is 10.2. The molecule has 0 spiro atoms. The summed E-state index contributed by atoms with van der Waals surface area (Å²) in [6, 6.07) is 17.8. The van der Waals surface area contributed by atoms with E-state index in [0.717, 1.165) is 22.3 Å². The third-order valence-electron chi connectivity index (χ3n) is 3.98. The van der Waals surface area contributed by atoms with Crippen LogP contribution in [0.4, 0.5) is 0 Å². The monoisotopic (exact) mass is 377 g/mol. The molecule has 27 heavy (non-hydrogen) atoms. The Labute approximate surface area is 161 Å². The standard InChI is InChI=1S/C21H19N3O2S/c1-2-25-21-12-16(9-10-20(21)26-14-17-6-5-11-27-17)13-23-24-15-22-18-7-3-4-8-19(18)24/h3-13,15H,2,14H2,1H3/b23-13-. The van der Waals surface area contributed by atoms with E-state index in [0.29, 0.717) is 19.0 Å². The Morgan fingerprint density at radius 1 is 1.07 bits per heavy atom. The van der Waals surface area contributed by atoms with Crippen molar-refractivity contribution in [2.75, 3.05) is 6.61 Å². The highest BCUT2D eigenvalue weighted by atomic mass is 32.1.